The summed E-state index contributed by atoms with van der Waals surface area (Å²) in [6, 6.07) is 30.2. The molecule has 0 bridgehead atoms. The Kier molecular flexibility index (Phi) is 11.0. The van der Waals surface area contributed by atoms with Crippen LogP contribution in [0, 0.1) is 0 Å². The van der Waals surface area contributed by atoms with E-state index in [2.05, 4.69) is 120 Å². The maximum Gasteiger partial charge on any atom is 0.629 e. The Balaban J connectivity index is 2.22. The highest BCUT2D eigenvalue weighted by Crippen LogP contribution is 2.17. The molecule has 0 aromatic heterocycles. The summed E-state index contributed by atoms with van der Waals surface area (Å²) in [5.41, 5.74) is 1.30. The van der Waals surface area contributed by atoms with Gasteiger partial charge in [0.25, 0.3) is 8.32 Å². The Morgan fingerprint density at radius 1 is 0.667 bits per heavy atom. The van der Waals surface area contributed by atoms with Gasteiger partial charge in [0, 0.05) is 18.8 Å². The van der Waals surface area contributed by atoms with Crippen LogP contribution in [0.1, 0.15) is 45.1 Å². The first kappa shape index (κ1) is 28.4. The lowest BCUT2D eigenvalue weighted by atomic mass is 10.2. The van der Waals surface area contributed by atoms with E-state index < -0.39 is 15.6 Å². The average molecular weight is 505 g/mol. The predicted molar refractivity (Wildman–Crippen MR) is 154 cm³/mol. The molecule has 0 aliphatic carbocycles. The van der Waals surface area contributed by atoms with Crippen LogP contribution in [0.25, 0.3) is 0 Å². The molecule has 4 nitrogen and oxygen atoms in total. The highest BCUT2D eigenvalue weighted by molar-refractivity contribution is 7.09. The van der Waals surface area contributed by atoms with Crippen molar-refractivity contribution in [3.63, 3.8) is 0 Å². The lowest BCUT2D eigenvalue weighted by Crippen LogP contribution is -2.72. The number of quaternary nitrogens is 1. The van der Waals surface area contributed by atoms with Crippen molar-refractivity contribution < 1.29 is 18.1 Å². The van der Waals surface area contributed by atoms with Crippen molar-refractivity contribution in [2.75, 3.05) is 34.4 Å². The van der Waals surface area contributed by atoms with E-state index in [9.17, 15) is 0 Å². The van der Waals surface area contributed by atoms with Crippen LogP contribution in [0.5, 0.6) is 0 Å². The van der Waals surface area contributed by atoms with Crippen molar-refractivity contribution in [3.8, 4) is 0 Å². The van der Waals surface area contributed by atoms with Crippen molar-refractivity contribution in [1.82, 2.24) is 0 Å². The van der Waals surface area contributed by atoms with E-state index in [1.54, 1.807) is 0 Å². The Labute approximate surface area is 220 Å². The molecule has 3 aromatic rings. The van der Waals surface area contributed by atoms with Gasteiger partial charge in [0.2, 0.25) is 0 Å². The summed E-state index contributed by atoms with van der Waals surface area (Å²) in [7, 11) is 2.96. The van der Waals surface area contributed by atoms with Crippen LogP contribution in [0.15, 0.2) is 84.9 Å². The second-order valence-corrected chi connectivity index (χ2v) is 13.7. The quantitative estimate of drug-likeness (QED) is 0.132. The maximum absolute atomic E-state index is 7.23. The zero-order chi connectivity index (χ0) is 25.9. The number of hydrogen-bond acceptors (Lipinski definition) is 3. The van der Waals surface area contributed by atoms with Crippen molar-refractivity contribution in [1.29, 1.82) is 0 Å². The zero-order valence-corrected chi connectivity index (χ0v) is 23.8. The molecule has 0 saturated carbocycles. The van der Waals surface area contributed by atoms with Gasteiger partial charge in [-0.1, -0.05) is 112 Å². The van der Waals surface area contributed by atoms with Crippen LogP contribution in [-0.2, 0) is 20.2 Å². The van der Waals surface area contributed by atoms with Gasteiger partial charge in [-0.25, -0.2) is 0 Å². The number of nitrogens with zero attached hydrogens (tertiary/aromatic N) is 1. The van der Waals surface area contributed by atoms with Crippen LogP contribution in [0.2, 0.25) is 0 Å². The fourth-order valence-corrected chi connectivity index (χ4v) is 8.49. The summed E-state index contributed by atoms with van der Waals surface area (Å²) in [5.74, 6) is 0. The van der Waals surface area contributed by atoms with E-state index in [-0.39, 0.29) is 0 Å². The Morgan fingerprint density at radius 2 is 1.14 bits per heavy atom. The molecule has 3 rings (SSSR count). The number of rotatable bonds is 15. The van der Waals surface area contributed by atoms with Crippen molar-refractivity contribution in [3.05, 3.63) is 90.5 Å². The highest BCUT2D eigenvalue weighted by atomic mass is 28.4. The molecule has 0 unspecified atom stereocenters. The van der Waals surface area contributed by atoms with Crippen LogP contribution < -0.4 is 15.6 Å². The standard InChI is InChI=1S/C30H43BNO3Si/c1-6-8-24-33-31(34-25-9-7-2)35-36(28-19-12-10-13-20-28,29-21-14-11-15-22-29)30-23-17-16-18-27(30)26-32(3,4)5/h10-23H,6-9,24-26H2,1-5H3/q+1. The fraction of sp³-hybridized carbons (Fsp3) is 0.400. The van der Waals surface area contributed by atoms with Gasteiger partial charge >= 0.3 is 7.32 Å². The first-order valence-corrected chi connectivity index (χ1v) is 15.2. The van der Waals surface area contributed by atoms with E-state index in [0.717, 1.165) is 36.7 Å². The van der Waals surface area contributed by atoms with Gasteiger partial charge in [-0.15, -0.1) is 0 Å². The first-order valence-electron chi connectivity index (χ1n) is 13.3. The third kappa shape index (κ3) is 7.64. The van der Waals surface area contributed by atoms with Crippen LogP contribution in [0.3, 0.4) is 0 Å². The number of unbranched alkanes of at least 4 members (excludes halogenated alkanes) is 2. The predicted octanol–water partition coefficient (Wildman–Crippen LogP) is 4.49. The SMILES string of the molecule is CCCCOB(OCCCC)O[Si](c1ccccc1)(c1ccccc1)c1ccccc1C[N+](C)(C)C. The minimum atomic E-state index is -3.01. The molecule has 0 fully saturated rings. The van der Waals surface area contributed by atoms with Crippen molar-refractivity contribution in [2.45, 2.75) is 46.1 Å². The molecule has 192 valence electrons. The highest BCUT2D eigenvalue weighted by Gasteiger charge is 2.47. The molecular weight excluding hydrogens is 461 g/mol. The van der Waals surface area contributed by atoms with Gasteiger partial charge in [0.15, 0.2) is 0 Å². The maximum atomic E-state index is 7.23. The number of benzene rings is 3. The largest absolute Gasteiger partial charge is 0.629 e. The van der Waals surface area contributed by atoms with Gasteiger partial charge in [0.05, 0.1) is 21.1 Å². The summed E-state index contributed by atoms with van der Waals surface area (Å²) >= 11 is 0. The second kappa shape index (κ2) is 13.9. The fourth-order valence-electron chi connectivity index (χ4n) is 4.44. The van der Waals surface area contributed by atoms with Crippen molar-refractivity contribution in [2.24, 2.45) is 0 Å². The van der Waals surface area contributed by atoms with Gasteiger partial charge in [-0.2, -0.15) is 0 Å². The summed E-state index contributed by atoms with van der Waals surface area (Å²) < 4.78 is 20.6. The molecular formula is C30H43BNO3Si+. The van der Waals surface area contributed by atoms with Crippen LogP contribution >= 0.6 is 0 Å². The first-order chi connectivity index (χ1) is 17.4. The average Bonchev–Trinajstić information content (AvgIpc) is 2.88. The molecule has 0 heterocycles. The van der Waals surface area contributed by atoms with Crippen LogP contribution in [0.4, 0.5) is 0 Å². The minimum Gasteiger partial charge on any atom is -0.417 e. The molecule has 0 amide bonds. The Morgan fingerprint density at radius 3 is 1.61 bits per heavy atom. The topological polar surface area (TPSA) is 27.7 Å². The van der Waals surface area contributed by atoms with Crippen molar-refractivity contribution >= 4 is 31.2 Å². The lowest BCUT2D eigenvalue weighted by molar-refractivity contribution is -0.883. The molecule has 0 atom stereocenters. The molecule has 0 saturated heterocycles. The molecule has 3 aromatic carbocycles. The van der Waals surface area contributed by atoms with Gasteiger partial charge in [-0.05, 0) is 28.4 Å². The van der Waals surface area contributed by atoms with E-state index in [4.69, 9.17) is 13.7 Å². The van der Waals surface area contributed by atoms with Gasteiger partial charge in [0.1, 0.15) is 6.54 Å². The van der Waals surface area contributed by atoms with E-state index in [1.807, 2.05) is 0 Å². The molecule has 0 aliphatic rings. The summed E-state index contributed by atoms with van der Waals surface area (Å²) in [6.07, 6.45) is 4.07. The summed E-state index contributed by atoms with van der Waals surface area (Å²) in [5, 5.41) is 3.63. The molecule has 6 heteroatoms. The van der Waals surface area contributed by atoms with Gasteiger partial charge in [-0.3, -0.25) is 0 Å². The molecule has 0 aliphatic heterocycles. The normalized spacial score (nSPS) is 12.0. The smallest absolute Gasteiger partial charge is 0.417 e. The zero-order valence-electron chi connectivity index (χ0n) is 22.8. The third-order valence-corrected chi connectivity index (χ3v) is 10.3. The Hall–Kier alpha value is -2.22. The lowest BCUT2D eigenvalue weighted by Gasteiger charge is -2.37. The molecule has 0 spiro atoms. The molecule has 36 heavy (non-hydrogen) atoms. The number of hydrogen-bond donors (Lipinski definition) is 0. The molecule has 0 N–H and O–H groups in total. The third-order valence-electron chi connectivity index (χ3n) is 6.18. The summed E-state index contributed by atoms with van der Waals surface area (Å²) in [4.78, 5) is 0. The van der Waals surface area contributed by atoms with E-state index >= 15 is 0 Å². The van der Waals surface area contributed by atoms with Crippen LogP contribution in [-0.4, -0.2) is 54.5 Å². The van der Waals surface area contributed by atoms with E-state index in [1.165, 1.54) is 21.1 Å². The monoisotopic (exact) mass is 504 g/mol. The molecule has 0 radical (unpaired) electrons. The van der Waals surface area contributed by atoms with Gasteiger partial charge < -0.3 is 18.1 Å². The van der Waals surface area contributed by atoms with E-state index in [0.29, 0.717) is 13.2 Å². The summed E-state index contributed by atoms with van der Waals surface area (Å²) in [6.45, 7) is 6.46. The Bertz CT molecular complexity index is 978. The minimum absolute atomic E-state index is 0.613. The second-order valence-electron chi connectivity index (χ2n) is 10.4.